The number of hydrogen-bond donors (Lipinski definition) is 2. The fourth-order valence-electron chi connectivity index (χ4n) is 3.67. The first kappa shape index (κ1) is 26.1. The summed E-state index contributed by atoms with van der Waals surface area (Å²) in [6, 6.07) is 9.50. The Labute approximate surface area is 209 Å². The summed E-state index contributed by atoms with van der Waals surface area (Å²) in [4.78, 5) is 29.7. The van der Waals surface area contributed by atoms with Crippen LogP contribution in [0.25, 0.3) is 0 Å². The van der Waals surface area contributed by atoms with Crippen molar-refractivity contribution in [3.63, 3.8) is 0 Å². The maximum Gasteiger partial charge on any atom is 0.328 e. The average Bonchev–Trinajstić information content (AvgIpc) is 2.84. The highest BCUT2D eigenvalue weighted by molar-refractivity contribution is 6.39. The third-order valence-electron chi connectivity index (χ3n) is 5.72. The minimum Gasteiger partial charge on any atom is -0.505 e. The van der Waals surface area contributed by atoms with E-state index in [1.807, 2.05) is 30.3 Å². The van der Waals surface area contributed by atoms with Crippen LogP contribution in [0.5, 0.6) is 11.5 Å². The summed E-state index contributed by atoms with van der Waals surface area (Å²) in [7, 11) is 3.33. The first-order valence-electron chi connectivity index (χ1n) is 11.0. The Hall–Kier alpha value is -2.52. The SMILES string of the molecule is COC(=O)C(Cc1ccccc1)NC(=O)c1cc(Cl)c(OCCN2CCN(C)CC2)c(Cl)c1O. The van der Waals surface area contributed by atoms with Crippen molar-refractivity contribution in [1.29, 1.82) is 0 Å². The number of piperazine rings is 1. The third kappa shape index (κ3) is 6.76. The molecule has 8 nitrogen and oxygen atoms in total. The van der Waals surface area contributed by atoms with E-state index >= 15 is 0 Å². The Bertz CT molecular complexity index is 998. The summed E-state index contributed by atoms with van der Waals surface area (Å²) in [5.41, 5.74) is 0.672. The highest BCUT2D eigenvalue weighted by Crippen LogP contribution is 2.42. The lowest BCUT2D eigenvalue weighted by atomic mass is 10.1. The van der Waals surface area contributed by atoms with E-state index < -0.39 is 23.7 Å². The standard InChI is InChI=1S/C24H29Cl2N3O5/c1-28-8-10-29(11-9-28)12-13-34-22-18(25)15-17(21(30)20(22)26)23(31)27-19(24(32)33-2)14-16-6-4-3-5-7-16/h3-7,15,19,30H,8-14H2,1-2H3,(H,27,31). The lowest BCUT2D eigenvalue weighted by Gasteiger charge is -2.32. The Morgan fingerprint density at radius 2 is 1.82 bits per heavy atom. The molecule has 1 saturated heterocycles. The molecule has 1 aliphatic heterocycles. The molecule has 10 heteroatoms. The van der Waals surface area contributed by atoms with E-state index in [2.05, 4.69) is 22.2 Å². The topological polar surface area (TPSA) is 91.3 Å². The quantitative estimate of drug-likeness (QED) is 0.502. The van der Waals surface area contributed by atoms with Crippen LogP contribution in [0.4, 0.5) is 0 Å². The van der Waals surface area contributed by atoms with Gasteiger partial charge in [-0.1, -0.05) is 53.5 Å². The maximum atomic E-state index is 12.9. The van der Waals surface area contributed by atoms with Gasteiger partial charge in [-0.25, -0.2) is 4.79 Å². The Kier molecular flexibility index (Phi) is 9.41. The van der Waals surface area contributed by atoms with Crippen molar-refractivity contribution in [3.8, 4) is 11.5 Å². The van der Waals surface area contributed by atoms with Crippen LogP contribution >= 0.6 is 23.2 Å². The fraction of sp³-hybridized carbons (Fsp3) is 0.417. The summed E-state index contributed by atoms with van der Waals surface area (Å²) in [5, 5.41) is 13.1. The van der Waals surface area contributed by atoms with Crippen LogP contribution in [0.2, 0.25) is 10.0 Å². The number of aromatic hydroxyl groups is 1. The second-order valence-electron chi connectivity index (χ2n) is 8.13. The number of benzene rings is 2. The van der Waals surface area contributed by atoms with Crippen LogP contribution in [0, 0.1) is 0 Å². The second kappa shape index (κ2) is 12.3. The number of carbonyl (C=O) groups is 2. The van der Waals surface area contributed by atoms with Crippen LogP contribution in [-0.2, 0) is 16.0 Å². The van der Waals surface area contributed by atoms with E-state index in [9.17, 15) is 14.7 Å². The average molecular weight is 510 g/mol. The number of phenolic OH excluding ortho intramolecular Hbond substituents is 1. The van der Waals surface area contributed by atoms with Crippen molar-refractivity contribution in [3.05, 3.63) is 57.6 Å². The summed E-state index contributed by atoms with van der Waals surface area (Å²) < 4.78 is 10.6. The largest absolute Gasteiger partial charge is 0.505 e. The second-order valence-corrected chi connectivity index (χ2v) is 8.92. The number of phenols is 1. The van der Waals surface area contributed by atoms with E-state index in [-0.39, 0.29) is 27.8 Å². The molecule has 1 atom stereocenters. The predicted molar refractivity (Wildman–Crippen MR) is 131 cm³/mol. The molecule has 2 aromatic carbocycles. The molecule has 0 saturated carbocycles. The molecule has 34 heavy (non-hydrogen) atoms. The van der Waals surface area contributed by atoms with Crippen molar-refractivity contribution < 1.29 is 24.2 Å². The van der Waals surface area contributed by atoms with Gasteiger partial charge in [-0.05, 0) is 18.7 Å². The number of esters is 1. The van der Waals surface area contributed by atoms with Crippen molar-refractivity contribution in [1.82, 2.24) is 15.1 Å². The smallest absolute Gasteiger partial charge is 0.328 e. The molecule has 1 heterocycles. The summed E-state index contributed by atoms with van der Waals surface area (Å²) >= 11 is 12.6. The van der Waals surface area contributed by atoms with Gasteiger partial charge in [0.2, 0.25) is 0 Å². The summed E-state index contributed by atoms with van der Waals surface area (Å²) in [6.45, 7) is 4.87. The van der Waals surface area contributed by atoms with Gasteiger partial charge < -0.3 is 24.8 Å². The number of ether oxygens (including phenoxy) is 2. The number of halogens is 2. The van der Waals surface area contributed by atoms with Gasteiger partial charge in [-0.2, -0.15) is 0 Å². The zero-order chi connectivity index (χ0) is 24.7. The highest BCUT2D eigenvalue weighted by Gasteiger charge is 2.27. The molecule has 1 unspecified atom stereocenters. The van der Waals surface area contributed by atoms with Crippen molar-refractivity contribution in [2.24, 2.45) is 0 Å². The number of likely N-dealkylation sites (N-methyl/N-ethyl adjacent to an activating group) is 1. The molecule has 0 aliphatic carbocycles. The van der Waals surface area contributed by atoms with Gasteiger partial charge in [0.25, 0.3) is 5.91 Å². The minimum absolute atomic E-state index is 0.0870. The highest BCUT2D eigenvalue weighted by atomic mass is 35.5. The monoisotopic (exact) mass is 509 g/mol. The molecule has 2 aromatic rings. The molecular formula is C24H29Cl2N3O5. The molecule has 0 spiro atoms. The zero-order valence-electron chi connectivity index (χ0n) is 19.2. The predicted octanol–water partition coefficient (Wildman–Crippen LogP) is 2.84. The minimum atomic E-state index is -0.962. The molecule has 0 aromatic heterocycles. The van der Waals surface area contributed by atoms with Gasteiger partial charge in [0.1, 0.15) is 17.7 Å². The lowest BCUT2D eigenvalue weighted by Crippen LogP contribution is -2.45. The first-order valence-corrected chi connectivity index (χ1v) is 11.7. The molecule has 1 fully saturated rings. The molecule has 1 aliphatic rings. The number of nitrogens with zero attached hydrogens (tertiary/aromatic N) is 2. The van der Waals surface area contributed by atoms with Gasteiger partial charge in [-0.3, -0.25) is 9.69 Å². The molecule has 3 rings (SSSR count). The third-order valence-corrected chi connectivity index (χ3v) is 6.35. The Balaban J connectivity index is 1.68. The molecular weight excluding hydrogens is 481 g/mol. The van der Waals surface area contributed by atoms with Gasteiger partial charge in [0.05, 0.1) is 17.7 Å². The van der Waals surface area contributed by atoms with E-state index in [1.165, 1.54) is 13.2 Å². The molecule has 2 N–H and O–H groups in total. The number of rotatable bonds is 9. The van der Waals surface area contributed by atoms with Gasteiger partial charge >= 0.3 is 5.97 Å². The normalized spacial score (nSPS) is 15.5. The number of carbonyl (C=O) groups excluding carboxylic acids is 2. The molecule has 1 amide bonds. The maximum absolute atomic E-state index is 12.9. The lowest BCUT2D eigenvalue weighted by molar-refractivity contribution is -0.142. The van der Waals surface area contributed by atoms with E-state index in [1.54, 1.807) is 0 Å². The Morgan fingerprint density at radius 3 is 2.47 bits per heavy atom. The molecule has 0 radical (unpaired) electrons. The number of nitrogens with one attached hydrogen (secondary N) is 1. The summed E-state index contributed by atoms with van der Waals surface area (Å²) in [6.07, 6.45) is 0.217. The van der Waals surface area contributed by atoms with Crippen LogP contribution in [0.15, 0.2) is 36.4 Å². The number of methoxy groups -OCH3 is 1. The van der Waals surface area contributed by atoms with Crippen LogP contribution in [-0.4, -0.2) is 86.3 Å². The fourth-order valence-corrected chi connectivity index (χ4v) is 4.23. The first-order chi connectivity index (χ1) is 16.3. The van der Waals surface area contributed by atoms with E-state index in [0.29, 0.717) is 13.2 Å². The van der Waals surface area contributed by atoms with Gasteiger partial charge in [0.15, 0.2) is 11.5 Å². The van der Waals surface area contributed by atoms with E-state index in [4.69, 9.17) is 32.7 Å². The molecule has 0 bridgehead atoms. The van der Waals surface area contributed by atoms with E-state index in [0.717, 1.165) is 31.7 Å². The molecule has 184 valence electrons. The Morgan fingerprint density at radius 1 is 1.15 bits per heavy atom. The number of amides is 1. The zero-order valence-corrected chi connectivity index (χ0v) is 20.7. The van der Waals surface area contributed by atoms with Crippen molar-refractivity contribution in [2.45, 2.75) is 12.5 Å². The van der Waals surface area contributed by atoms with Crippen LogP contribution < -0.4 is 10.1 Å². The van der Waals surface area contributed by atoms with Gasteiger partial charge in [-0.15, -0.1) is 0 Å². The summed E-state index contributed by atoms with van der Waals surface area (Å²) in [5.74, 6) is -1.68. The number of hydrogen-bond acceptors (Lipinski definition) is 7. The van der Waals surface area contributed by atoms with Crippen LogP contribution in [0.3, 0.4) is 0 Å². The van der Waals surface area contributed by atoms with Crippen molar-refractivity contribution in [2.75, 3.05) is 53.5 Å². The van der Waals surface area contributed by atoms with Crippen molar-refractivity contribution >= 4 is 35.1 Å². The van der Waals surface area contributed by atoms with Gasteiger partial charge in [0, 0.05) is 39.1 Å². The van der Waals surface area contributed by atoms with Crippen LogP contribution in [0.1, 0.15) is 15.9 Å².